The molecule has 0 aromatic heterocycles. The van der Waals surface area contributed by atoms with Crippen LogP contribution in [0.1, 0.15) is 5.56 Å². The van der Waals surface area contributed by atoms with E-state index in [4.69, 9.17) is 11.6 Å². The number of halogens is 2. The van der Waals surface area contributed by atoms with Crippen LogP contribution >= 0.6 is 27.5 Å². The molecule has 0 spiro atoms. The number of hydrogen-bond donors (Lipinski definition) is 1. The first-order chi connectivity index (χ1) is 8.97. The minimum Gasteiger partial charge on any atom is -0.207 e. The van der Waals surface area contributed by atoms with E-state index < -0.39 is 10.0 Å². The molecular formula is C13H11BrClNO2S. The van der Waals surface area contributed by atoms with Crippen molar-refractivity contribution in [3.05, 3.63) is 63.6 Å². The molecule has 3 nitrogen and oxygen atoms in total. The lowest BCUT2D eigenvalue weighted by Crippen LogP contribution is -2.23. The van der Waals surface area contributed by atoms with Gasteiger partial charge in [0.15, 0.2) is 0 Å². The average Bonchev–Trinajstić information content (AvgIpc) is 2.39. The van der Waals surface area contributed by atoms with Crippen molar-refractivity contribution in [3.63, 3.8) is 0 Å². The molecule has 1 N–H and O–H groups in total. The van der Waals surface area contributed by atoms with Gasteiger partial charge in [-0.1, -0.05) is 39.7 Å². The summed E-state index contributed by atoms with van der Waals surface area (Å²) in [7, 11) is -3.49. The maximum atomic E-state index is 12.0. The van der Waals surface area contributed by atoms with Crippen molar-refractivity contribution in [2.24, 2.45) is 0 Å². The van der Waals surface area contributed by atoms with E-state index in [0.717, 1.165) is 10.0 Å². The van der Waals surface area contributed by atoms with Crippen LogP contribution in [0.15, 0.2) is 57.9 Å². The van der Waals surface area contributed by atoms with Crippen molar-refractivity contribution in [1.29, 1.82) is 0 Å². The van der Waals surface area contributed by atoms with Gasteiger partial charge < -0.3 is 0 Å². The molecule has 0 saturated carbocycles. The van der Waals surface area contributed by atoms with E-state index in [-0.39, 0.29) is 11.4 Å². The highest BCUT2D eigenvalue weighted by atomic mass is 79.9. The molecule has 0 heterocycles. The summed E-state index contributed by atoms with van der Waals surface area (Å²) >= 11 is 9.04. The molecule has 0 radical (unpaired) electrons. The Bertz CT molecular complexity index is 654. The highest BCUT2D eigenvalue weighted by Gasteiger charge is 2.13. The molecule has 0 saturated heterocycles. The minimum absolute atomic E-state index is 0.232. The Morgan fingerprint density at radius 2 is 1.58 bits per heavy atom. The van der Waals surface area contributed by atoms with Crippen LogP contribution in [0.3, 0.4) is 0 Å². The van der Waals surface area contributed by atoms with Crippen LogP contribution in [0, 0.1) is 0 Å². The standard InChI is InChI=1S/C13H11BrClNO2S/c14-11-3-7-13(8-4-11)19(17,18)16-9-10-1-5-12(15)6-2-10/h1-8,16H,9H2. The minimum atomic E-state index is -3.49. The van der Waals surface area contributed by atoms with E-state index in [2.05, 4.69) is 20.7 Å². The fourth-order valence-electron chi connectivity index (χ4n) is 1.48. The van der Waals surface area contributed by atoms with Crippen molar-refractivity contribution < 1.29 is 8.42 Å². The second kappa shape index (κ2) is 6.05. The van der Waals surface area contributed by atoms with Crippen LogP contribution in [-0.4, -0.2) is 8.42 Å². The van der Waals surface area contributed by atoms with Crippen LogP contribution in [0.5, 0.6) is 0 Å². The van der Waals surface area contributed by atoms with E-state index in [1.165, 1.54) is 0 Å². The zero-order chi connectivity index (χ0) is 13.9. The van der Waals surface area contributed by atoms with Gasteiger partial charge in [-0.25, -0.2) is 13.1 Å². The lowest BCUT2D eigenvalue weighted by Gasteiger charge is -2.07. The summed E-state index contributed by atoms with van der Waals surface area (Å²) in [5.41, 5.74) is 0.852. The van der Waals surface area contributed by atoms with Crippen molar-refractivity contribution >= 4 is 37.6 Å². The van der Waals surface area contributed by atoms with Crippen LogP contribution in [0.25, 0.3) is 0 Å². The van der Waals surface area contributed by atoms with E-state index in [1.54, 1.807) is 48.5 Å². The second-order valence-electron chi connectivity index (χ2n) is 3.90. The molecule has 0 fully saturated rings. The highest BCUT2D eigenvalue weighted by molar-refractivity contribution is 9.10. The van der Waals surface area contributed by atoms with Crippen molar-refractivity contribution in [3.8, 4) is 0 Å². The van der Waals surface area contributed by atoms with E-state index in [1.807, 2.05) is 0 Å². The summed E-state index contributed by atoms with van der Waals surface area (Å²) in [6.45, 7) is 0.232. The third kappa shape index (κ3) is 4.04. The predicted molar refractivity (Wildman–Crippen MR) is 79.6 cm³/mol. The third-order valence-corrected chi connectivity index (χ3v) is 4.70. The molecule has 0 aliphatic rings. The molecule has 0 aliphatic heterocycles. The Kier molecular flexibility index (Phi) is 4.62. The fourth-order valence-corrected chi connectivity index (χ4v) is 2.89. The maximum absolute atomic E-state index is 12.0. The Morgan fingerprint density at radius 1 is 1.00 bits per heavy atom. The molecule has 0 amide bonds. The topological polar surface area (TPSA) is 46.2 Å². The van der Waals surface area contributed by atoms with Crippen LogP contribution in [-0.2, 0) is 16.6 Å². The van der Waals surface area contributed by atoms with Gasteiger partial charge in [0.2, 0.25) is 10.0 Å². The Labute approximate surface area is 125 Å². The number of hydrogen-bond acceptors (Lipinski definition) is 2. The normalized spacial score (nSPS) is 11.5. The number of benzene rings is 2. The van der Waals surface area contributed by atoms with Crippen LogP contribution in [0.4, 0.5) is 0 Å². The van der Waals surface area contributed by atoms with Gasteiger partial charge in [0.05, 0.1) is 4.90 Å². The quantitative estimate of drug-likeness (QED) is 0.906. The lowest BCUT2D eigenvalue weighted by molar-refractivity contribution is 0.581. The summed E-state index contributed by atoms with van der Waals surface area (Å²) < 4.78 is 27.4. The molecule has 0 aliphatic carbocycles. The molecule has 100 valence electrons. The molecular weight excluding hydrogens is 350 g/mol. The summed E-state index contributed by atoms with van der Waals surface area (Å²) in [5, 5.41) is 0.625. The monoisotopic (exact) mass is 359 g/mol. The summed E-state index contributed by atoms with van der Waals surface area (Å²) in [5.74, 6) is 0. The maximum Gasteiger partial charge on any atom is 0.240 e. The first-order valence-corrected chi connectivity index (χ1v) is 8.12. The molecule has 0 bridgehead atoms. The van der Waals surface area contributed by atoms with Gasteiger partial charge in [-0.15, -0.1) is 0 Å². The number of rotatable bonds is 4. The van der Waals surface area contributed by atoms with Crippen LogP contribution < -0.4 is 4.72 Å². The van der Waals surface area contributed by atoms with Gasteiger partial charge in [0.1, 0.15) is 0 Å². The SMILES string of the molecule is O=S(=O)(NCc1ccc(Cl)cc1)c1ccc(Br)cc1. The summed E-state index contributed by atoms with van der Waals surface area (Å²) in [6, 6.07) is 13.5. The highest BCUT2D eigenvalue weighted by Crippen LogP contribution is 2.15. The predicted octanol–water partition coefficient (Wildman–Crippen LogP) is 3.58. The Morgan fingerprint density at radius 3 is 2.16 bits per heavy atom. The Hall–Kier alpha value is -0.880. The van der Waals surface area contributed by atoms with Gasteiger partial charge in [0, 0.05) is 16.0 Å². The largest absolute Gasteiger partial charge is 0.240 e. The van der Waals surface area contributed by atoms with Crippen molar-refractivity contribution in [2.45, 2.75) is 11.4 Å². The fraction of sp³-hybridized carbons (Fsp3) is 0.0769. The number of nitrogens with one attached hydrogen (secondary N) is 1. The van der Waals surface area contributed by atoms with Gasteiger partial charge in [-0.05, 0) is 42.0 Å². The molecule has 2 aromatic rings. The third-order valence-electron chi connectivity index (χ3n) is 2.50. The van der Waals surface area contributed by atoms with Crippen molar-refractivity contribution in [1.82, 2.24) is 4.72 Å². The van der Waals surface area contributed by atoms with Gasteiger partial charge in [0.25, 0.3) is 0 Å². The second-order valence-corrected chi connectivity index (χ2v) is 7.02. The molecule has 2 rings (SSSR count). The van der Waals surface area contributed by atoms with Gasteiger partial charge in [-0.2, -0.15) is 0 Å². The molecule has 2 aromatic carbocycles. The zero-order valence-corrected chi connectivity index (χ0v) is 13.0. The van der Waals surface area contributed by atoms with E-state index in [0.29, 0.717) is 5.02 Å². The molecule has 0 atom stereocenters. The van der Waals surface area contributed by atoms with Crippen LogP contribution in [0.2, 0.25) is 5.02 Å². The van der Waals surface area contributed by atoms with Gasteiger partial charge in [-0.3, -0.25) is 0 Å². The molecule has 19 heavy (non-hydrogen) atoms. The Balaban J connectivity index is 2.09. The molecule has 6 heteroatoms. The number of sulfonamides is 1. The first-order valence-electron chi connectivity index (χ1n) is 5.47. The average molecular weight is 361 g/mol. The first kappa shape index (κ1) is 14.5. The summed E-state index contributed by atoms with van der Waals surface area (Å²) in [4.78, 5) is 0.240. The zero-order valence-electron chi connectivity index (χ0n) is 9.81. The van der Waals surface area contributed by atoms with E-state index >= 15 is 0 Å². The molecule has 0 unspecified atom stereocenters. The summed E-state index contributed by atoms with van der Waals surface area (Å²) in [6.07, 6.45) is 0. The lowest BCUT2D eigenvalue weighted by atomic mass is 10.2. The van der Waals surface area contributed by atoms with E-state index in [9.17, 15) is 8.42 Å². The smallest absolute Gasteiger partial charge is 0.207 e. The van der Waals surface area contributed by atoms with Crippen molar-refractivity contribution in [2.75, 3.05) is 0 Å². The van der Waals surface area contributed by atoms with Gasteiger partial charge >= 0.3 is 0 Å².